The minimum Gasteiger partial charge on any atom is -0.378 e. The summed E-state index contributed by atoms with van der Waals surface area (Å²) in [7, 11) is 1.93. The molecule has 6 heteroatoms. The van der Waals surface area contributed by atoms with Gasteiger partial charge in [-0.3, -0.25) is 0 Å². The molecule has 1 aliphatic rings. The van der Waals surface area contributed by atoms with E-state index in [0.717, 1.165) is 42.7 Å². The van der Waals surface area contributed by atoms with Crippen LogP contribution in [0, 0.1) is 0 Å². The van der Waals surface area contributed by atoms with E-state index in [4.69, 9.17) is 4.74 Å². The summed E-state index contributed by atoms with van der Waals surface area (Å²) in [5.41, 5.74) is 1.11. The number of hydrogen-bond donors (Lipinski definition) is 1. The molecule has 2 heterocycles. The van der Waals surface area contributed by atoms with Gasteiger partial charge in [0, 0.05) is 13.7 Å². The van der Waals surface area contributed by atoms with Crippen molar-refractivity contribution >= 4 is 15.9 Å². The SMILES string of the molecule is CCCNC(CC1CCCO1)c1c(Br)nnn1C. The molecule has 5 nitrogen and oxygen atoms in total. The molecule has 1 aliphatic heterocycles. The summed E-state index contributed by atoms with van der Waals surface area (Å²) < 4.78 is 8.41. The van der Waals surface area contributed by atoms with E-state index in [-0.39, 0.29) is 6.04 Å². The van der Waals surface area contributed by atoms with Crippen LogP contribution in [0.15, 0.2) is 4.60 Å². The molecule has 102 valence electrons. The number of halogens is 1. The third kappa shape index (κ3) is 3.30. The van der Waals surface area contributed by atoms with Crippen LogP contribution in [0.3, 0.4) is 0 Å². The maximum absolute atomic E-state index is 5.74. The standard InChI is InChI=1S/C12H21BrN4O/c1-3-6-14-10(8-9-5-4-7-18-9)11-12(13)15-16-17(11)2/h9-10,14H,3-8H2,1-2H3. The number of rotatable bonds is 6. The monoisotopic (exact) mass is 316 g/mol. The summed E-state index contributed by atoms with van der Waals surface area (Å²) in [6.07, 6.45) is 4.80. The number of ether oxygens (including phenoxy) is 1. The Kier molecular flexibility index (Phi) is 5.14. The van der Waals surface area contributed by atoms with Gasteiger partial charge in [-0.15, -0.1) is 5.10 Å². The lowest BCUT2D eigenvalue weighted by molar-refractivity contribution is 0.0936. The lowest BCUT2D eigenvalue weighted by Crippen LogP contribution is -2.28. The van der Waals surface area contributed by atoms with E-state index in [1.165, 1.54) is 6.42 Å². The van der Waals surface area contributed by atoms with Gasteiger partial charge in [0.25, 0.3) is 0 Å². The van der Waals surface area contributed by atoms with Gasteiger partial charge in [-0.2, -0.15) is 0 Å². The molecule has 1 aromatic heterocycles. The maximum atomic E-state index is 5.74. The molecule has 0 radical (unpaired) electrons. The Morgan fingerprint density at radius 3 is 3.00 bits per heavy atom. The van der Waals surface area contributed by atoms with Gasteiger partial charge in [-0.25, -0.2) is 4.68 Å². The minimum atomic E-state index is 0.252. The highest BCUT2D eigenvalue weighted by Gasteiger charge is 2.25. The van der Waals surface area contributed by atoms with Crippen LogP contribution in [0.1, 0.15) is 44.3 Å². The van der Waals surface area contributed by atoms with Gasteiger partial charge in [0.1, 0.15) is 0 Å². The molecule has 0 bridgehead atoms. The van der Waals surface area contributed by atoms with E-state index in [1.54, 1.807) is 0 Å². The van der Waals surface area contributed by atoms with Crippen LogP contribution < -0.4 is 5.32 Å². The van der Waals surface area contributed by atoms with E-state index in [0.29, 0.717) is 6.10 Å². The Balaban J connectivity index is 2.08. The Morgan fingerprint density at radius 1 is 1.61 bits per heavy atom. The quantitative estimate of drug-likeness (QED) is 0.874. The molecule has 0 aromatic carbocycles. The summed E-state index contributed by atoms with van der Waals surface area (Å²) in [5.74, 6) is 0. The first-order chi connectivity index (χ1) is 8.72. The predicted octanol–water partition coefficient (Wildman–Crippen LogP) is 2.19. The van der Waals surface area contributed by atoms with E-state index in [1.807, 2.05) is 11.7 Å². The predicted molar refractivity (Wildman–Crippen MR) is 73.3 cm³/mol. The van der Waals surface area contributed by atoms with Gasteiger partial charge in [-0.1, -0.05) is 12.1 Å². The molecule has 18 heavy (non-hydrogen) atoms. The third-order valence-corrected chi connectivity index (χ3v) is 3.88. The van der Waals surface area contributed by atoms with Crippen molar-refractivity contribution in [3.63, 3.8) is 0 Å². The fraction of sp³-hybridized carbons (Fsp3) is 0.833. The number of aromatic nitrogens is 3. The Hall–Kier alpha value is -0.460. The summed E-state index contributed by atoms with van der Waals surface area (Å²) in [6.45, 7) is 4.07. The average Bonchev–Trinajstić information content (AvgIpc) is 2.96. The zero-order chi connectivity index (χ0) is 13.0. The van der Waals surface area contributed by atoms with E-state index in [9.17, 15) is 0 Å². The highest BCUT2D eigenvalue weighted by molar-refractivity contribution is 9.10. The molecule has 1 fully saturated rings. The lowest BCUT2D eigenvalue weighted by atomic mass is 10.0. The van der Waals surface area contributed by atoms with Crippen LogP contribution in [0.4, 0.5) is 0 Å². The summed E-state index contributed by atoms with van der Waals surface area (Å²) >= 11 is 3.48. The van der Waals surface area contributed by atoms with Crippen molar-refractivity contribution in [2.75, 3.05) is 13.2 Å². The largest absolute Gasteiger partial charge is 0.378 e. The second kappa shape index (κ2) is 6.63. The molecule has 0 spiro atoms. The molecule has 1 saturated heterocycles. The van der Waals surface area contributed by atoms with Crippen LogP contribution in [-0.2, 0) is 11.8 Å². The van der Waals surface area contributed by atoms with Crippen molar-refractivity contribution in [1.82, 2.24) is 20.3 Å². The second-order valence-corrected chi connectivity index (χ2v) is 5.52. The zero-order valence-corrected chi connectivity index (χ0v) is 12.6. The molecule has 0 amide bonds. The van der Waals surface area contributed by atoms with Crippen LogP contribution in [-0.4, -0.2) is 34.2 Å². The summed E-state index contributed by atoms with van der Waals surface area (Å²) in [5, 5.41) is 11.7. The molecule has 2 unspecified atom stereocenters. The number of nitrogens with zero attached hydrogens (tertiary/aromatic N) is 3. The highest BCUT2D eigenvalue weighted by Crippen LogP contribution is 2.28. The fourth-order valence-electron chi connectivity index (χ4n) is 2.41. The van der Waals surface area contributed by atoms with Crippen LogP contribution in [0.2, 0.25) is 0 Å². The molecule has 1 aromatic rings. The van der Waals surface area contributed by atoms with Crippen LogP contribution in [0.5, 0.6) is 0 Å². The second-order valence-electron chi connectivity index (χ2n) is 4.77. The van der Waals surface area contributed by atoms with E-state index < -0.39 is 0 Å². The van der Waals surface area contributed by atoms with Crippen molar-refractivity contribution in [2.45, 2.75) is 44.8 Å². The maximum Gasteiger partial charge on any atom is 0.153 e. The molecule has 2 atom stereocenters. The molecule has 0 saturated carbocycles. The summed E-state index contributed by atoms with van der Waals surface area (Å²) in [4.78, 5) is 0. The van der Waals surface area contributed by atoms with E-state index >= 15 is 0 Å². The van der Waals surface area contributed by atoms with E-state index in [2.05, 4.69) is 38.5 Å². The van der Waals surface area contributed by atoms with Gasteiger partial charge < -0.3 is 10.1 Å². The minimum absolute atomic E-state index is 0.252. The van der Waals surface area contributed by atoms with Gasteiger partial charge >= 0.3 is 0 Å². The third-order valence-electron chi connectivity index (χ3n) is 3.32. The topological polar surface area (TPSA) is 52.0 Å². The van der Waals surface area contributed by atoms with Gasteiger partial charge in [0.05, 0.1) is 17.8 Å². The summed E-state index contributed by atoms with van der Waals surface area (Å²) in [6, 6.07) is 0.252. The Bertz CT molecular complexity index is 357. The Labute approximate surface area is 116 Å². The molecular weight excluding hydrogens is 296 g/mol. The first-order valence-corrected chi connectivity index (χ1v) is 7.41. The van der Waals surface area contributed by atoms with Crippen molar-refractivity contribution in [2.24, 2.45) is 7.05 Å². The molecule has 1 N–H and O–H groups in total. The molecule has 2 rings (SSSR count). The Morgan fingerprint density at radius 2 is 2.44 bits per heavy atom. The zero-order valence-electron chi connectivity index (χ0n) is 11.0. The smallest absolute Gasteiger partial charge is 0.153 e. The number of hydrogen-bond acceptors (Lipinski definition) is 4. The van der Waals surface area contributed by atoms with Gasteiger partial charge in [0.15, 0.2) is 4.60 Å². The molecule has 0 aliphatic carbocycles. The molecular formula is C12H21BrN4O. The van der Waals surface area contributed by atoms with Crippen molar-refractivity contribution < 1.29 is 4.74 Å². The van der Waals surface area contributed by atoms with Crippen molar-refractivity contribution in [1.29, 1.82) is 0 Å². The van der Waals surface area contributed by atoms with Crippen molar-refractivity contribution in [3.8, 4) is 0 Å². The number of aryl methyl sites for hydroxylation is 1. The first kappa shape index (κ1) is 14.0. The first-order valence-electron chi connectivity index (χ1n) is 6.62. The van der Waals surface area contributed by atoms with Crippen LogP contribution >= 0.6 is 15.9 Å². The fourth-order valence-corrected chi connectivity index (χ4v) is 3.02. The lowest BCUT2D eigenvalue weighted by Gasteiger charge is -2.21. The number of nitrogens with one attached hydrogen (secondary N) is 1. The van der Waals surface area contributed by atoms with Crippen molar-refractivity contribution in [3.05, 3.63) is 10.3 Å². The van der Waals surface area contributed by atoms with Gasteiger partial charge in [-0.05, 0) is 48.2 Å². The average molecular weight is 317 g/mol. The normalized spacial score (nSPS) is 21.4. The van der Waals surface area contributed by atoms with Gasteiger partial charge in [0.2, 0.25) is 0 Å². The highest BCUT2D eigenvalue weighted by atomic mass is 79.9. The van der Waals surface area contributed by atoms with Crippen LogP contribution in [0.25, 0.3) is 0 Å².